The Morgan fingerprint density at radius 3 is 1.32 bits per heavy atom. The van der Waals surface area contributed by atoms with Crippen LogP contribution in [0.2, 0.25) is 0 Å². The van der Waals surface area contributed by atoms with Gasteiger partial charge in [0.15, 0.2) is 18.5 Å². The Morgan fingerprint density at radius 1 is 0.427 bits per heavy atom. The number of ether oxygens (including phenoxy) is 7. The molecule has 0 aliphatic carbocycles. The zero-order valence-corrected chi connectivity index (χ0v) is 44.9. The van der Waals surface area contributed by atoms with Crippen LogP contribution in [0.3, 0.4) is 0 Å². The first-order valence-electron chi connectivity index (χ1n) is 26.7. The van der Waals surface area contributed by atoms with Crippen molar-refractivity contribution < 1.29 is 86.2 Å². The van der Waals surface area contributed by atoms with Gasteiger partial charge in [-0.05, 0) is 51.4 Å². The second-order valence-electron chi connectivity index (χ2n) is 18.3. The maximum absolute atomic E-state index is 12.4. The summed E-state index contributed by atoms with van der Waals surface area (Å²) in [5.74, 6) is -3.88. The van der Waals surface area contributed by atoms with Crippen molar-refractivity contribution >= 4 is 59.3 Å². The van der Waals surface area contributed by atoms with Crippen LogP contribution in [0.4, 0.5) is 0 Å². The van der Waals surface area contributed by atoms with Gasteiger partial charge in [-0.1, -0.05) is 44.9 Å². The molecule has 1 rings (SSSR count). The minimum absolute atomic E-state index is 0.0133. The van der Waals surface area contributed by atoms with Crippen molar-refractivity contribution in [2.24, 2.45) is 0 Å². The molecule has 1 fully saturated rings. The number of carbonyl (C=O) groups is 10. The lowest BCUT2D eigenvalue weighted by Gasteiger charge is -2.44. The van der Waals surface area contributed by atoms with Gasteiger partial charge in [-0.3, -0.25) is 47.9 Å². The molecule has 1 heterocycles. The standard InChI is InChI=1S/C51H88N6O18/c1-37(58)57-48-50(74-40(4)61)49(73-39(3)60)41(36-72-38(2)59)75-51(48)71-32-17-15-22-43(63)53-27-19-28-54-45(65)24-33-69-31-16-11-13-21-42(62)52-26-18-29-55-46(66)25-34-70-35-30-56-44(64)20-12-9-7-5-6-8-10-14-23-47(67)68/h41,48-51H,5-36H2,1-4H3,(H,52,62)(H,53,63)(H,54,65)(H,55,66)(H,56,64)(H,57,58)(H,67,68)/t41-,48-,49+,50-,51-/m1/s1. The number of carboxylic acids is 1. The molecule has 6 amide bonds. The van der Waals surface area contributed by atoms with Gasteiger partial charge in [0.25, 0.3) is 0 Å². The molecular formula is C51H88N6O18. The molecule has 0 aromatic heterocycles. The van der Waals surface area contributed by atoms with Gasteiger partial charge in [0, 0.05) is 112 Å². The van der Waals surface area contributed by atoms with Crippen molar-refractivity contribution in [2.75, 3.05) is 72.4 Å². The number of hydrogen-bond donors (Lipinski definition) is 7. The van der Waals surface area contributed by atoms with E-state index in [-0.39, 0.29) is 81.6 Å². The molecule has 75 heavy (non-hydrogen) atoms. The number of carboxylic acid groups (broad SMARTS) is 1. The Labute approximate surface area is 441 Å². The van der Waals surface area contributed by atoms with Gasteiger partial charge in [-0.15, -0.1) is 0 Å². The molecule has 0 bridgehead atoms. The largest absolute Gasteiger partial charge is 0.481 e. The summed E-state index contributed by atoms with van der Waals surface area (Å²) in [7, 11) is 0. The highest BCUT2D eigenvalue weighted by Crippen LogP contribution is 2.28. The first-order chi connectivity index (χ1) is 36.0. The number of amides is 6. The molecule has 7 N–H and O–H groups in total. The summed E-state index contributed by atoms with van der Waals surface area (Å²) in [5.41, 5.74) is 0. The number of aliphatic carboxylic acids is 1. The maximum Gasteiger partial charge on any atom is 0.303 e. The van der Waals surface area contributed by atoms with E-state index in [0.717, 1.165) is 78.1 Å². The molecule has 0 aromatic rings. The Kier molecular flexibility index (Phi) is 39.4. The lowest BCUT2D eigenvalue weighted by Crippen LogP contribution is -2.66. The zero-order valence-electron chi connectivity index (χ0n) is 44.9. The summed E-state index contributed by atoms with van der Waals surface area (Å²) in [6.45, 7) is 7.75. The van der Waals surface area contributed by atoms with Gasteiger partial charge in [-0.2, -0.15) is 0 Å². The van der Waals surface area contributed by atoms with E-state index in [1.807, 2.05) is 0 Å². The first-order valence-corrected chi connectivity index (χ1v) is 26.7. The zero-order chi connectivity index (χ0) is 55.5. The van der Waals surface area contributed by atoms with Gasteiger partial charge in [0.05, 0.1) is 19.8 Å². The third kappa shape index (κ3) is 38.7. The molecule has 0 aromatic carbocycles. The van der Waals surface area contributed by atoms with Crippen LogP contribution >= 0.6 is 0 Å². The van der Waals surface area contributed by atoms with E-state index >= 15 is 0 Å². The lowest BCUT2D eigenvalue weighted by molar-refractivity contribution is -0.277. The fourth-order valence-corrected chi connectivity index (χ4v) is 7.64. The maximum atomic E-state index is 12.4. The van der Waals surface area contributed by atoms with Crippen LogP contribution in [-0.4, -0.2) is 167 Å². The van der Waals surface area contributed by atoms with Crippen LogP contribution in [-0.2, 0) is 81.1 Å². The molecule has 1 saturated heterocycles. The van der Waals surface area contributed by atoms with Crippen LogP contribution in [0.5, 0.6) is 0 Å². The third-order valence-electron chi connectivity index (χ3n) is 11.4. The van der Waals surface area contributed by atoms with Gasteiger partial charge in [-0.25, -0.2) is 0 Å². The molecule has 430 valence electrons. The van der Waals surface area contributed by atoms with E-state index in [2.05, 4.69) is 31.9 Å². The Balaban J connectivity index is 2.03. The third-order valence-corrected chi connectivity index (χ3v) is 11.4. The number of carbonyl (C=O) groups excluding carboxylic acids is 9. The van der Waals surface area contributed by atoms with E-state index in [4.69, 9.17) is 38.3 Å². The minimum Gasteiger partial charge on any atom is -0.481 e. The topological polar surface area (TPSA) is 328 Å². The van der Waals surface area contributed by atoms with E-state index in [1.54, 1.807) is 0 Å². The molecule has 0 saturated carbocycles. The Morgan fingerprint density at radius 2 is 0.840 bits per heavy atom. The van der Waals surface area contributed by atoms with E-state index in [1.165, 1.54) is 13.8 Å². The molecule has 5 atom stereocenters. The highest BCUT2D eigenvalue weighted by atomic mass is 16.7. The monoisotopic (exact) mass is 1070 g/mol. The predicted molar refractivity (Wildman–Crippen MR) is 271 cm³/mol. The first kappa shape index (κ1) is 67.6. The average Bonchev–Trinajstić information content (AvgIpc) is 3.34. The average molecular weight is 1070 g/mol. The van der Waals surface area contributed by atoms with Crippen molar-refractivity contribution in [3.05, 3.63) is 0 Å². The molecule has 0 unspecified atom stereocenters. The SMILES string of the molecule is CC(=O)N[C@H]1[C@H](OCCCCC(=O)NCCCNC(=O)CCOCCCCCC(=O)NCCCNC(=O)CCOCCNC(=O)CCCCCCCCCCC(=O)O)O[C@H](COC(C)=O)[C@H](OC(C)=O)[C@@H]1OC(C)=O. The number of rotatable bonds is 45. The minimum atomic E-state index is -1.23. The van der Waals surface area contributed by atoms with Crippen molar-refractivity contribution in [3.8, 4) is 0 Å². The van der Waals surface area contributed by atoms with Gasteiger partial charge >= 0.3 is 23.9 Å². The van der Waals surface area contributed by atoms with Crippen LogP contribution in [0.15, 0.2) is 0 Å². The van der Waals surface area contributed by atoms with Crippen LogP contribution < -0.4 is 31.9 Å². The summed E-state index contributed by atoms with van der Waals surface area (Å²) in [6, 6.07) is -1.08. The van der Waals surface area contributed by atoms with Crippen molar-refractivity contribution in [3.63, 3.8) is 0 Å². The van der Waals surface area contributed by atoms with Crippen molar-refractivity contribution in [1.29, 1.82) is 0 Å². The lowest BCUT2D eigenvalue weighted by atomic mass is 9.96. The molecular weight excluding hydrogens is 985 g/mol. The summed E-state index contributed by atoms with van der Waals surface area (Å²) >= 11 is 0. The van der Waals surface area contributed by atoms with Crippen molar-refractivity contribution in [2.45, 2.75) is 193 Å². The van der Waals surface area contributed by atoms with Crippen LogP contribution in [0.25, 0.3) is 0 Å². The quantitative estimate of drug-likeness (QED) is 0.0262. The van der Waals surface area contributed by atoms with Crippen molar-refractivity contribution in [1.82, 2.24) is 31.9 Å². The van der Waals surface area contributed by atoms with Gasteiger partial charge < -0.3 is 70.2 Å². The molecule has 24 nitrogen and oxygen atoms in total. The number of esters is 3. The second kappa shape index (κ2) is 43.7. The van der Waals surface area contributed by atoms with Gasteiger partial charge in [0.2, 0.25) is 35.4 Å². The number of nitrogens with one attached hydrogen (secondary N) is 6. The molecule has 0 spiro atoms. The number of hydrogen-bond acceptors (Lipinski definition) is 17. The van der Waals surface area contributed by atoms with E-state index < -0.39 is 60.4 Å². The smallest absolute Gasteiger partial charge is 0.303 e. The molecule has 1 aliphatic rings. The van der Waals surface area contributed by atoms with E-state index in [9.17, 15) is 47.9 Å². The van der Waals surface area contributed by atoms with E-state index in [0.29, 0.717) is 90.9 Å². The Bertz CT molecular complexity index is 1700. The van der Waals surface area contributed by atoms with Crippen LogP contribution in [0, 0.1) is 0 Å². The molecule has 24 heteroatoms. The second-order valence-corrected chi connectivity index (χ2v) is 18.3. The summed E-state index contributed by atoms with van der Waals surface area (Å²) in [5, 5.41) is 25.4. The van der Waals surface area contributed by atoms with Gasteiger partial charge in [0.1, 0.15) is 18.8 Å². The Hall–Kier alpha value is -5.46. The predicted octanol–water partition coefficient (Wildman–Crippen LogP) is 2.55. The highest BCUT2D eigenvalue weighted by molar-refractivity contribution is 5.78. The normalized spacial score (nSPS) is 16.9. The fraction of sp³-hybridized carbons (Fsp3) is 0.804. The van der Waals surface area contributed by atoms with Crippen LogP contribution in [0.1, 0.15) is 163 Å². The number of unbranched alkanes of at least 4 members (excludes halogenated alkanes) is 10. The molecule has 1 aliphatic heterocycles. The molecule has 0 radical (unpaired) electrons. The fourth-order valence-electron chi connectivity index (χ4n) is 7.64. The summed E-state index contributed by atoms with van der Waals surface area (Å²) in [6.07, 6.45) is 8.95. The highest BCUT2D eigenvalue weighted by Gasteiger charge is 2.51. The summed E-state index contributed by atoms with van der Waals surface area (Å²) in [4.78, 5) is 119. The summed E-state index contributed by atoms with van der Waals surface area (Å²) < 4.78 is 38.8.